The van der Waals surface area contributed by atoms with Gasteiger partial charge < -0.3 is 4.98 Å². The first-order chi connectivity index (χ1) is 19.2. The highest BCUT2D eigenvalue weighted by Crippen LogP contribution is 2.44. The van der Waals surface area contributed by atoms with E-state index in [-0.39, 0.29) is 33.0 Å². The predicted molar refractivity (Wildman–Crippen MR) is 151 cm³/mol. The summed E-state index contributed by atoms with van der Waals surface area (Å²) < 4.78 is 97.8. The number of fused-ring (bicyclic) bond motifs is 6. The Bertz CT molecular complexity index is 2980. The summed E-state index contributed by atoms with van der Waals surface area (Å²) in [4.78, 5) is 6.58. The minimum Gasteiger partial charge on any atom is -0.328 e. The zero-order valence-electron chi connectivity index (χ0n) is 19.7. The van der Waals surface area contributed by atoms with E-state index < -0.39 is 55.0 Å². The zero-order valence-corrected chi connectivity index (χ0v) is 23.0. The van der Waals surface area contributed by atoms with Crippen LogP contribution in [0.3, 0.4) is 0 Å². The molecule has 0 spiro atoms. The first-order valence-electron chi connectivity index (χ1n) is 11.5. The van der Waals surface area contributed by atoms with Gasteiger partial charge in [-0.15, -0.1) is 0 Å². The van der Waals surface area contributed by atoms with Gasteiger partial charge in [-0.3, -0.25) is 4.98 Å². The van der Waals surface area contributed by atoms with E-state index in [2.05, 4.69) is 9.97 Å². The number of nitrogens with one attached hydrogen (secondary N) is 1. The molecular formula is C26H12N2O8S4. The van der Waals surface area contributed by atoms with Gasteiger partial charge in [0.25, 0.3) is 0 Å². The van der Waals surface area contributed by atoms with E-state index in [9.17, 15) is 33.7 Å². The number of aromatic nitrogens is 2. The van der Waals surface area contributed by atoms with E-state index in [0.29, 0.717) is 37.5 Å². The van der Waals surface area contributed by atoms with Crippen molar-refractivity contribution in [1.82, 2.24) is 9.97 Å². The number of hydrogen-bond acceptors (Lipinski definition) is 9. The summed E-state index contributed by atoms with van der Waals surface area (Å²) in [7, 11) is -12.1. The van der Waals surface area contributed by atoms with Crippen molar-refractivity contribution >= 4 is 106 Å². The van der Waals surface area contributed by atoms with Crippen molar-refractivity contribution in [3.63, 3.8) is 0 Å². The third-order valence-corrected chi connectivity index (χ3v) is 10.2. The van der Waals surface area contributed by atoms with Crippen LogP contribution in [0.25, 0.3) is 59.9 Å². The van der Waals surface area contributed by atoms with E-state index in [4.69, 9.17) is 0 Å². The summed E-state index contributed by atoms with van der Waals surface area (Å²) >= 11 is 0. The molecule has 0 unspecified atom stereocenters. The molecular weight excluding hydrogens is 597 g/mol. The fraction of sp³-hybridized carbons (Fsp3) is 0.0385. The highest BCUT2D eigenvalue weighted by Gasteiger charge is 2.26. The molecule has 0 amide bonds. The molecule has 40 heavy (non-hydrogen) atoms. The number of benzene rings is 4. The number of aromatic amines is 1. The summed E-state index contributed by atoms with van der Waals surface area (Å²) in [5.41, 5.74) is 0.185. The molecule has 2 aromatic heterocycles. The van der Waals surface area contributed by atoms with Crippen molar-refractivity contribution in [1.29, 1.82) is 0 Å². The van der Waals surface area contributed by atoms with Crippen LogP contribution in [0, 0.1) is 13.8 Å². The minimum absolute atomic E-state index is 0.0280. The van der Waals surface area contributed by atoms with Crippen molar-refractivity contribution in [3.8, 4) is 0 Å². The van der Waals surface area contributed by atoms with Gasteiger partial charge in [0.15, 0.2) is 9.28 Å². The third kappa shape index (κ3) is 3.21. The summed E-state index contributed by atoms with van der Waals surface area (Å²) in [6.07, 6.45) is 4.83. The van der Waals surface area contributed by atoms with Crippen molar-refractivity contribution in [2.75, 3.05) is 0 Å². The maximum atomic E-state index is 12.7. The molecule has 0 bridgehead atoms. The van der Waals surface area contributed by atoms with E-state index in [1.54, 1.807) is 24.5 Å². The quantitative estimate of drug-likeness (QED) is 0.154. The third-order valence-electron chi connectivity index (χ3n) is 7.31. The highest BCUT2D eigenvalue weighted by molar-refractivity contribution is 7.73. The normalized spacial score (nSPS) is 12.8. The largest absolute Gasteiger partial charge is 0.328 e. The van der Waals surface area contributed by atoms with Crippen LogP contribution in [-0.2, 0) is 41.2 Å². The van der Waals surface area contributed by atoms with E-state index in [1.807, 2.05) is 24.3 Å². The molecule has 198 valence electrons. The van der Waals surface area contributed by atoms with Gasteiger partial charge >= 0.3 is 0 Å². The number of rotatable bonds is 0. The monoisotopic (exact) mass is 608 g/mol. The first kappa shape index (κ1) is 24.7. The second kappa shape index (κ2) is 8.56. The van der Waals surface area contributed by atoms with Crippen LogP contribution in [-0.4, -0.2) is 48.5 Å². The lowest BCUT2D eigenvalue weighted by atomic mass is 9.83. The molecule has 0 saturated carbocycles. The lowest BCUT2D eigenvalue weighted by Crippen LogP contribution is -2.17. The van der Waals surface area contributed by atoms with E-state index in [0.717, 1.165) is 5.39 Å². The molecule has 0 radical (unpaired) electrons. The summed E-state index contributed by atoms with van der Waals surface area (Å²) in [6.45, 7) is 0. The minimum atomic E-state index is -3.19. The molecule has 0 fully saturated rings. The van der Waals surface area contributed by atoms with Crippen molar-refractivity contribution < 1.29 is 33.7 Å². The number of hydrogen-bond donors (Lipinski definition) is 1. The molecule has 1 aliphatic rings. The van der Waals surface area contributed by atoms with Crippen LogP contribution < -0.4 is 5.22 Å². The second-order valence-electron chi connectivity index (χ2n) is 9.15. The van der Waals surface area contributed by atoms with Crippen LogP contribution in [0.2, 0.25) is 0 Å². The molecule has 2 heterocycles. The first-order valence-corrected chi connectivity index (χ1v) is 15.8. The van der Waals surface area contributed by atoms with E-state index >= 15 is 0 Å². The van der Waals surface area contributed by atoms with Gasteiger partial charge in [0, 0.05) is 51.3 Å². The lowest BCUT2D eigenvalue weighted by Gasteiger charge is -2.21. The molecule has 1 aliphatic carbocycles. The van der Waals surface area contributed by atoms with Crippen LogP contribution in [0.15, 0.2) is 48.8 Å². The smallest absolute Gasteiger partial charge is 0.239 e. The molecule has 0 atom stereocenters. The lowest BCUT2D eigenvalue weighted by molar-refractivity contribution is 0.620. The Morgan fingerprint density at radius 3 is 2.05 bits per heavy atom. The Kier molecular flexibility index (Phi) is 5.28. The fourth-order valence-electron chi connectivity index (χ4n) is 5.87. The molecule has 7 rings (SSSR count). The maximum Gasteiger partial charge on any atom is 0.239 e. The standard InChI is InChI=1S/C26H12N2O8S4/c29-37(30)18-6-5-12-9-27-10-17-14-7-11-3-1-2-4-13(11)15-8-16-21(23(20(14)15)22(18)19(12)17)24(38(31)32)26(40(35)36)28-25(16)39(33)34/h1-5,7-10,28H,6H2. The van der Waals surface area contributed by atoms with E-state index in [1.165, 1.54) is 6.07 Å². The van der Waals surface area contributed by atoms with Crippen molar-refractivity contribution in [2.45, 2.75) is 6.42 Å². The summed E-state index contributed by atoms with van der Waals surface area (Å²) in [6, 6.07) is 10.7. The predicted octanol–water partition coefficient (Wildman–Crippen LogP) is 2.15. The molecule has 0 aliphatic heterocycles. The SMILES string of the molecule is O=S(=O)=C1CC=c2cncc3c2c1c1c2c(=S(=O)=O)c(=S(=O)=O)[nH]c(=S(=O)=O)c2cc2c4ccccc4cc3c21. The number of nitrogens with zero attached hydrogens (tertiary/aromatic N) is 1. The average molecular weight is 609 g/mol. The number of H-pyrrole nitrogens is 1. The van der Waals surface area contributed by atoms with Crippen molar-refractivity contribution in [2.24, 2.45) is 0 Å². The molecule has 4 aromatic carbocycles. The second-order valence-corrected chi connectivity index (χ2v) is 12.7. The summed E-state index contributed by atoms with van der Waals surface area (Å²) in [5, 5.41) is 4.65. The van der Waals surface area contributed by atoms with Crippen LogP contribution in [0.4, 0.5) is 0 Å². The molecule has 6 aromatic rings. The fourth-order valence-corrected chi connectivity index (χ4v) is 8.48. The van der Waals surface area contributed by atoms with Crippen LogP contribution in [0.5, 0.6) is 0 Å². The van der Waals surface area contributed by atoms with Gasteiger partial charge in [-0.25, -0.2) is 0 Å². The molecule has 1 N–H and O–H groups in total. The molecule has 10 nitrogen and oxygen atoms in total. The topological polar surface area (TPSA) is 165 Å². The van der Waals surface area contributed by atoms with Gasteiger partial charge in [-0.1, -0.05) is 30.3 Å². The van der Waals surface area contributed by atoms with Crippen molar-refractivity contribution in [3.05, 3.63) is 73.4 Å². The Morgan fingerprint density at radius 2 is 1.35 bits per heavy atom. The summed E-state index contributed by atoms with van der Waals surface area (Å²) in [5.74, 6) is 0. The van der Waals surface area contributed by atoms with Gasteiger partial charge in [-0.2, -0.15) is 33.7 Å². The molecule has 0 saturated heterocycles. The van der Waals surface area contributed by atoms with Crippen LogP contribution >= 0.6 is 0 Å². The Balaban J connectivity index is 2.16. The Labute approximate surface area is 228 Å². The average Bonchev–Trinajstić information content (AvgIpc) is 2.93. The Morgan fingerprint density at radius 1 is 0.625 bits per heavy atom. The molecule has 14 heteroatoms. The number of pyridine rings is 2. The highest BCUT2D eigenvalue weighted by atomic mass is 32.2. The van der Waals surface area contributed by atoms with Gasteiger partial charge in [-0.05, 0) is 44.3 Å². The maximum absolute atomic E-state index is 12.7. The van der Waals surface area contributed by atoms with Gasteiger partial charge in [0.1, 0.15) is 4.51 Å². The van der Waals surface area contributed by atoms with Gasteiger partial charge in [0.05, 0.1) is 4.86 Å². The van der Waals surface area contributed by atoms with Gasteiger partial charge in [0.2, 0.25) is 41.2 Å². The Hall–Kier alpha value is -4.37. The zero-order chi connectivity index (χ0) is 28.0. The van der Waals surface area contributed by atoms with Crippen LogP contribution in [0.1, 0.15) is 12.0 Å².